The Hall–Kier alpha value is -3.11. The van der Waals surface area contributed by atoms with E-state index in [-0.39, 0.29) is 0 Å². The zero-order valence-corrected chi connectivity index (χ0v) is 15.6. The van der Waals surface area contributed by atoms with Crippen molar-refractivity contribution in [3.63, 3.8) is 0 Å². The van der Waals surface area contributed by atoms with Crippen molar-refractivity contribution in [1.82, 2.24) is 10.2 Å². The van der Waals surface area contributed by atoms with E-state index in [1.54, 1.807) is 7.11 Å². The van der Waals surface area contributed by atoms with Crippen LogP contribution in [0.3, 0.4) is 0 Å². The molecule has 0 aliphatic carbocycles. The zero-order chi connectivity index (χ0) is 18.6. The standard InChI is InChI=1S/C22H18ClN3O/c1-27-20-12-11-15(13-19(20)23)14-24-22-18-10-6-5-9-17(18)21(25-26-22)16-7-3-2-4-8-16/h2-13H,14H2,1H3,(H,24,26). The molecular weight excluding hydrogens is 358 g/mol. The molecule has 0 spiro atoms. The monoisotopic (exact) mass is 375 g/mol. The predicted molar refractivity (Wildman–Crippen MR) is 110 cm³/mol. The largest absolute Gasteiger partial charge is 0.495 e. The SMILES string of the molecule is COc1ccc(CNc2nnc(-c3ccccc3)c3ccccc23)cc1Cl. The number of hydrogen-bond acceptors (Lipinski definition) is 4. The Labute approximate surface area is 162 Å². The zero-order valence-electron chi connectivity index (χ0n) is 14.8. The molecule has 1 N–H and O–H groups in total. The van der Waals surface area contributed by atoms with Crippen molar-refractivity contribution in [3.05, 3.63) is 83.4 Å². The summed E-state index contributed by atoms with van der Waals surface area (Å²) in [5.41, 5.74) is 2.97. The van der Waals surface area contributed by atoms with Gasteiger partial charge < -0.3 is 10.1 Å². The first-order valence-electron chi connectivity index (χ1n) is 8.63. The molecule has 4 aromatic rings. The lowest BCUT2D eigenvalue weighted by atomic mass is 10.0. The summed E-state index contributed by atoms with van der Waals surface area (Å²) in [6.07, 6.45) is 0. The third kappa shape index (κ3) is 3.57. The molecule has 0 atom stereocenters. The molecular formula is C22H18ClN3O. The van der Waals surface area contributed by atoms with Gasteiger partial charge in [0.25, 0.3) is 0 Å². The molecule has 0 unspecified atom stereocenters. The van der Waals surface area contributed by atoms with Crippen molar-refractivity contribution < 1.29 is 4.74 Å². The Morgan fingerprint density at radius 2 is 1.63 bits per heavy atom. The first kappa shape index (κ1) is 17.3. The van der Waals surface area contributed by atoms with Crippen LogP contribution in [-0.2, 0) is 6.54 Å². The fourth-order valence-electron chi connectivity index (χ4n) is 3.05. The molecule has 0 saturated heterocycles. The maximum Gasteiger partial charge on any atom is 0.156 e. The van der Waals surface area contributed by atoms with Gasteiger partial charge in [-0.2, -0.15) is 0 Å². The number of hydrogen-bond donors (Lipinski definition) is 1. The maximum atomic E-state index is 6.21. The fourth-order valence-corrected chi connectivity index (χ4v) is 3.33. The molecule has 1 heterocycles. The normalized spacial score (nSPS) is 10.7. The number of anilines is 1. The topological polar surface area (TPSA) is 47.0 Å². The number of benzene rings is 3. The Bertz CT molecular complexity index is 1080. The van der Waals surface area contributed by atoms with Crippen LogP contribution in [0.15, 0.2) is 72.8 Å². The van der Waals surface area contributed by atoms with Gasteiger partial charge in [0.15, 0.2) is 5.82 Å². The van der Waals surface area contributed by atoms with Crippen LogP contribution in [0.5, 0.6) is 5.75 Å². The maximum absolute atomic E-state index is 6.21. The molecule has 5 heteroatoms. The summed E-state index contributed by atoms with van der Waals surface area (Å²) in [7, 11) is 1.61. The lowest BCUT2D eigenvalue weighted by Gasteiger charge is -2.12. The van der Waals surface area contributed by atoms with Gasteiger partial charge in [-0.3, -0.25) is 0 Å². The summed E-state index contributed by atoms with van der Waals surface area (Å²) in [4.78, 5) is 0. The summed E-state index contributed by atoms with van der Waals surface area (Å²) in [5.74, 6) is 1.41. The number of methoxy groups -OCH3 is 1. The van der Waals surface area contributed by atoms with E-state index in [2.05, 4.69) is 27.6 Å². The molecule has 4 rings (SSSR count). The molecule has 3 aromatic carbocycles. The Balaban J connectivity index is 1.66. The molecule has 134 valence electrons. The smallest absolute Gasteiger partial charge is 0.156 e. The van der Waals surface area contributed by atoms with Crippen LogP contribution in [0, 0.1) is 0 Å². The van der Waals surface area contributed by atoms with E-state index in [1.165, 1.54) is 0 Å². The molecule has 0 bridgehead atoms. The van der Waals surface area contributed by atoms with Crippen LogP contribution in [-0.4, -0.2) is 17.3 Å². The van der Waals surface area contributed by atoms with Crippen molar-refractivity contribution >= 4 is 28.2 Å². The lowest BCUT2D eigenvalue weighted by molar-refractivity contribution is 0.415. The van der Waals surface area contributed by atoms with E-state index in [4.69, 9.17) is 16.3 Å². The highest BCUT2D eigenvalue weighted by Crippen LogP contribution is 2.30. The third-order valence-corrected chi connectivity index (χ3v) is 4.71. The minimum Gasteiger partial charge on any atom is -0.495 e. The second kappa shape index (κ2) is 7.64. The predicted octanol–water partition coefficient (Wildman–Crippen LogP) is 5.57. The van der Waals surface area contributed by atoms with Crippen molar-refractivity contribution in [2.75, 3.05) is 12.4 Å². The molecule has 0 fully saturated rings. The Morgan fingerprint density at radius 3 is 2.37 bits per heavy atom. The van der Waals surface area contributed by atoms with Crippen LogP contribution >= 0.6 is 11.6 Å². The summed E-state index contributed by atoms with van der Waals surface area (Å²) in [6.45, 7) is 0.590. The molecule has 0 aliphatic heterocycles. The van der Waals surface area contributed by atoms with E-state index in [9.17, 15) is 0 Å². The van der Waals surface area contributed by atoms with Crippen molar-refractivity contribution in [2.24, 2.45) is 0 Å². The van der Waals surface area contributed by atoms with E-state index in [0.717, 1.165) is 33.4 Å². The van der Waals surface area contributed by atoms with Gasteiger partial charge in [-0.15, -0.1) is 10.2 Å². The highest BCUT2D eigenvalue weighted by Gasteiger charge is 2.11. The van der Waals surface area contributed by atoms with E-state index in [1.807, 2.05) is 60.7 Å². The number of rotatable bonds is 5. The fraction of sp³-hybridized carbons (Fsp3) is 0.0909. The highest BCUT2D eigenvalue weighted by molar-refractivity contribution is 6.32. The van der Waals surface area contributed by atoms with E-state index >= 15 is 0 Å². The minimum atomic E-state index is 0.590. The Morgan fingerprint density at radius 1 is 0.889 bits per heavy atom. The van der Waals surface area contributed by atoms with Gasteiger partial charge in [0.1, 0.15) is 11.4 Å². The second-order valence-electron chi connectivity index (χ2n) is 6.13. The van der Waals surface area contributed by atoms with Gasteiger partial charge in [-0.1, -0.05) is 72.3 Å². The van der Waals surface area contributed by atoms with Crippen molar-refractivity contribution in [1.29, 1.82) is 0 Å². The first-order valence-corrected chi connectivity index (χ1v) is 9.01. The lowest BCUT2D eigenvalue weighted by Crippen LogP contribution is -2.04. The van der Waals surface area contributed by atoms with Crippen molar-refractivity contribution in [2.45, 2.75) is 6.54 Å². The minimum absolute atomic E-state index is 0.590. The molecule has 27 heavy (non-hydrogen) atoms. The van der Waals surface area contributed by atoms with Gasteiger partial charge in [0, 0.05) is 22.9 Å². The molecule has 0 aliphatic rings. The number of aromatic nitrogens is 2. The van der Waals surface area contributed by atoms with Gasteiger partial charge in [0.05, 0.1) is 12.1 Å². The van der Waals surface area contributed by atoms with Crippen LogP contribution in [0.4, 0.5) is 5.82 Å². The number of fused-ring (bicyclic) bond motifs is 1. The molecule has 0 saturated carbocycles. The van der Waals surface area contributed by atoms with Crippen LogP contribution in [0.2, 0.25) is 5.02 Å². The van der Waals surface area contributed by atoms with Crippen molar-refractivity contribution in [3.8, 4) is 17.0 Å². The molecule has 4 nitrogen and oxygen atoms in total. The number of nitrogens with one attached hydrogen (secondary N) is 1. The molecule has 1 aromatic heterocycles. The number of ether oxygens (including phenoxy) is 1. The van der Waals surface area contributed by atoms with Gasteiger partial charge >= 0.3 is 0 Å². The highest BCUT2D eigenvalue weighted by atomic mass is 35.5. The van der Waals surface area contributed by atoms with Crippen LogP contribution in [0.25, 0.3) is 22.0 Å². The van der Waals surface area contributed by atoms with Gasteiger partial charge in [0.2, 0.25) is 0 Å². The van der Waals surface area contributed by atoms with E-state index < -0.39 is 0 Å². The number of nitrogens with zero attached hydrogens (tertiary/aromatic N) is 2. The van der Waals surface area contributed by atoms with Crippen LogP contribution in [0.1, 0.15) is 5.56 Å². The first-order chi connectivity index (χ1) is 13.3. The summed E-state index contributed by atoms with van der Waals surface area (Å²) >= 11 is 6.21. The molecule has 0 radical (unpaired) electrons. The average Bonchev–Trinajstić information content (AvgIpc) is 2.72. The quantitative estimate of drug-likeness (QED) is 0.495. The van der Waals surface area contributed by atoms with Crippen LogP contribution < -0.4 is 10.1 Å². The average molecular weight is 376 g/mol. The summed E-state index contributed by atoms with van der Waals surface area (Å²) in [5, 5.41) is 15.0. The van der Waals surface area contributed by atoms with Gasteiger partial charge in [-0.05, 0) is 17.7 Å². The Kier molecular flexibility index (Phi) is 4.90. The molecule has 0 amide bonds. The summed E-state index contributed by atoms with van der Waals surface area (Å²) < 4.78 is 5.20. The van der Waals surface area contributed by atoms with Gasteiger partial charge in [-0.25, -0.2) is 0 Å². The second-order valence-corrected chi connectivity index (χ2v) is 6.54. The number of halogens is 1. The van der Waals surface area contributed by atoms with E-state index in [0.29, 0.717) is 17.3 Å². The summed E-state index contributed by atoms with van der Waals surface area (Å²) in [6, 6.07) is 24.0. The third-order valence-electron chi connectivity index (χ3n) is 4.41.